The van der Waals surface area contributed by atoms with Gasteiger partial charge in [-0.05, 0) is 25.7 Å². The van der Waals surface area contributed by atoms with E-state index in [2.05, 4.69) is 12.2 Å². The molecule has 2 atom stereocenters. The summed E-state index contributed by atoms with van der Waals surface area (Å²) >= 11 is 0. The third-order valence-corrected chi connectivity index (χ3v) is 3.34. The maximum Gasteiger partial charge on any atom is 0.0897 e. The van der Waals surface area contributed by atoms with Gasteiger partial charge < -0.3 is 19.9 Å². The highest BCUT2D eigenvalue weighted by atomic mass is 16.5. The van der Waals surface area contributed by atoms with Gasteiger partial charge in [-0.15, -0.1) is 0 Å². The highest BCUT2D eigenvalue weighted by Crippen LogP contribution is 2.33. The maximum atomic E-state index is 9.77. The molecule has 1 aliphatic rings. The predicted molar refractivity (Wildman–Crippen MR) is 72.7 cm³/mol. The zero-order valence-corrected chi connectivity index (χ0v) is 11.9. The van der Waals surface area contributed by atoms with Gasteiger partial charge in [0.1, 0.15) is 0 Å². The van der Waals surface area contributed by atoms with Crippen LogP contribution in [0.4, 0.5) is 0 Å². The zero-order valence-electron chi connectivity index (χ0n) is 11.9. The summed E-state index contributed by atoms with van der Waals surface area (Å²) in [5.41, 5.74) is 0. The standard InChI is InChI=1S/C14H29NO3/c1-3-13(9-12-5-6-12)15-10-14(16)11-18-8-7-17-4-2/h12-16H,3-11H2,1-2H3. The molecular formula is C14H29NO3. The molecule has 0 heterocycles. The van der Waals surface area contributed by atoms with Crippen molar-refractivity contribution < 1.29 is 14.6 Å². The first kappa shape index (κ1) is 15.9. The Morgan fingerprint density at radius 2 is 1.94 bits per heavy atom. The lowest BCUT2D eigenvalue weighted by Gasteiger charge is -2.19. The van der Waals surface area contributed by atoms with E-state index in [0.717, 1.165) is 12.3 Å². The minimum absolute atomic E-state index is 0.389. The molecule has 1 fully saturated rings. The Morgan fingerprint density at radius 1 is 1.22 bits per heavy atom. The minimum Gasteiger partial charge on any atom is -0.389 e. The molecule has 4 nitrogen and oxygen atoms in total. The van der Waals surface area contributed by atoms with E-state index in [1.807, 2.05) is 6.92 Å². The van der Waals surface area contributed by atoms with Crippen LogP contribution in [-0.2, 0) is 9.47 Å². The van der Waals surface area contributed by atoms with Crippen LogP contribution in [0.25, 0.3) is 0 Å². The Morgan fingerprint density at radius 3 is 2.56 bits per heavy atom. The van der Waals surface area contributed by atoms with Crippen molar-refractivity contribution in [3.8, 4) is 0 Å². The molecule has 1 saturated carbocycles. The molecule has 2 unspecified atom stereocenters. The quantitative estimate of drug-likeness (QED) is 0.522. The smallest absolute Gasteiger partial charge is 0.0897 e. The molecule has 1 rings (SSSR count). The fraction of sp³-hybridized carbons (Fsp3) is 1.00. The topological polar surface area (TPSA) is 50.7 Å². The molecule has 0 saturated heterocycles. The summed E-state index contributed by atoms with van der Waals surface area (Å²) in [4.78, 5) is 0. The monoisotopic (exact) mass is 259 g/mol. The summed E-state index contributed by atoms with van der Waals surface area (Å²) < 4.78 is 10.5. The predicted octanol–water partition coefficient (Wildman–Crippen LogP) is 1.57. The Bertz CT molecular complexity index is 197. The van der Waals surface area contributed by atoms with Crippen LogP contribution in [0.15, 0.2) is 0 Å². The van der Waals surface area contributed by atoms with Gasteiger partial charge >= 0.3 is 0 Å². The lowest BCUT2D eigenvalue weighted by atomic mass is 10.1. The van der Waals surface area contributed by atoms with Crippen LogP contribution >= 0.6 is 0 Å². The number of ether oxygens (including phenoxy) is 2. The van der Waals surface area contributed by atoms with Crippen molar-refractivity contribution >= 4 is 0 Å². The number of aliphatic hydroxyl groups is 1. The first-order valence-electron chi connectivity index (χ1n) is 7.33. The molecule has 0 aliphatic heterocycles. The summed E-state index contributed by atoms with van der Waals surface area (Å²) in [5.74, 6) is 0.932. The van der Waals surface area contributed by atoms with Crippen molar-refractivity contribution in [3.05, 3.63) is 0 Å². The number of aliphatic hydroxyl groups excluding tert-OH is 1. The van der Waals surface area contributed by atoms with Crippen molar-refractivity contribution in [1.29, 1.82) is 0 Å². The largest absolute Gasteiger partial charge is 0.389 e. The van der Waals surface area contributed by atoms with Gasteiger partial charge in [-0.1, -0.05) is 19.8 Å². The average molecular weight is 259 g/mol. The molecule has 4 heteroatoms. The van der Waals surface area contributed by atoms with Crippen molar-refractivity contribution in [3.63, 3.8) is 0 Å². The zero-order chi connectivity index (χ0) is 13.2. The van der Waals surface area contributed by atoms with E-state index in [1.165, 1.54) is 19.3 Å². The number of nitrogens with one attached hydrogen (secondary N) is 1. The van der Waals surface area contributed by atoms with Crippen LogP contribution < -0.4 is 5.32 Å². The summed E-state index contributed by atoms with van der Waals surface area (Å²) in [6.45, 7) is 7.06. The van der Waals surface area contributed by atoms with E-state index in [0.29, 0.717) is 39.0 Å². The lowest BCUT2D eigenvalue weighted by Crippen LogP contribution is -2.37. The fourth-order valence-electron chi connectivity index (χ4n) is 1.99. The summed E-state index contributed by atoms with van der Waals surface area (Å²) in [5, 5.41) is 13.2. The van der Waals surface area contributed by atoms with Crippen LogP contribution in [0.1, 0.15) is 39.5 Å². The van der Waals surface area contributed by atoms with Gasteiger partial charge in [-0.25, -0.2) is 0 Å². The van der Waals surface area contributed by atoms with E-state index >= 15 is 0 Å². The van der Waals surface area contributed by atoms with Gasteiger partial charge in [0.15, 0.2) is 0 Å². The Hall–Kier alpha value is -0.160. The second-order valence-electron chi connectivity index (χ2n) is 5.12. The molecule has 0 amide bonds. The minimum atomic E-state index is -0.417. The molecule has 108 valence electrons. The van der Waals surface area contributed by atoms with Crippen LogP contribution in [0, 0.1) is 5.92 Å². The fourth-order valence-corrected chi connectivity index (χ4v) is 1.99. The third kappa shape index (κ3) is 8.03. The lowest BCUT2D eigenvalue weighted by molar-refractivity contribution is 0.00558. The molecule has 0 radical (unpaired) electrons. The van der Waals surface area contributed by atoms with E-state index in [-0.39, 0.29) is 0 Å². The van der Waals surface area contributed by atoms with Crippen molar-refractivity contribution in [2.24, 2.45) is 5.92 Å². The first-order valence-corrected chi connectivity index (χ1v) is 7.33. The highest BCUT2D eigenvalue weighted by Gasteiger charge is 2.24. The number of hydrogen-bond donors (Lipinski definition) is 2. The van der Waals surface area contributed by atoms with Crippen LogP contribution in [0.5, 0.6) is 0 Å². The highest BCUT2D eigenvalue weighted by molar-refractivity contribution is 4.80. The Kier molecular flexibility index (Phi) is 8.59. The average Bonchev–Trinajstić information content (AvgIpc) is 3.18. The van der Waals surface area contributed by atoms with E-state index in [4.69, 9.17) is 9.47 Å². The Balaban J connectivity index is 1.95. The molecule has 0 aromatic rings. The third-order valence-electron chi connectivity index (χ3n) is 3.34. The normalized spacial score (nSPS) is 18.8. The molecular weight excluding hydrogens is 230 g/mol. The molecule has 2 N–H and O–H groups in total. The van der Waals surface area contributed by atoms with Gasteiger partial charge in [-0.2, -0.15) is 0 Å². The molecule has 0 aromatic carbocycles. The summed E-state index contributed by atoms with van der Waals surface area (Å²) in [7, 11) is 0. The summed E-state index contributed by atoms with van der Waals surface area (Å²) in [6.07, 6.45) is 4.76. The Labute approximate surface area is 111 Å². The second-order valence-corrected chi connectivity index (χ2v) is 5.12. The van der Waals surface area contributed by atoms with Gasteiger partial charge in [0.25, 0.3) is 0 Å². The van der Waals surface area contributed by atoms with Gasteiger partial charge in [0, 0.05) is 19.2 Å². The maximum absolute atomic E-state index is 9.77. The van der Waals surface area contributed by atoms with Crippen LogP contribution in [0.2, 0.25) is 0 Å². The SMILES string of the molecule is CCOCCOCC(O)CNC(CC)CC1CC1. The molecule has 18 heavy (non-hydrogen) atoms. The van der Waals surface area contributed by atoms with E-state index in [1.54, 1.807) is 0 Å². The van der Waals surface area contributed by atoms with Gasteiger partial charge in [0.2, 0.25) is 0 Å². The molecule has 0 aromatic heterocycles. The van der Waals surface area contributed by atoms with Crippen molar-refractivity contribution in [1.82, 2.24) is 5.32 Å². The van der Waals surface area contributed by atoms with Crippen LogP contribution in [0.3, 0.4) is 0 Å². The van der Waals surface area contributed by atoms with Crippen LogP contribution in [-0.4, -0.2) is 50.2 Å². The van der Waals surface area contributed by atoms with E-state index in [9.17, 15) is 5.11 Å². The van der Waals surface area contributed by atoms with Crippen molar-refractivity contribution in [2.75, 3.05) is 33.0 Å². The molecule has 1 aliphatic carbocycles. The van der Waals surface area contributed by atoms with E-state index < -0.39 is 6.10 Å². The van der Waals surface area contributed by atoms with Crippen molar-refractivity contribution in [2.45, 2.75) is 51.7 Å². The van der Waals surface area contributed by atoms with Gasteiger partial charge in [0.05, 0.1) is 25.9 Å². The molecule has 0 bridgehead atoms. The second kappa shape index (κ2) is 9.73. The molecule has 0 spiro atoms. The number of hydrogen-bond acceptors (Lipinski definition) is 4. The summed E-state index contributed by atoms with van der Waals surface area (Å²) in [6, 6.07) is 0.551. The van der Waals surface area contributed by atoms with Gasteiger partial charge in [-0.3, -0.25) is 0 Å². The first-order chi connectivity index (χ1) is 8.76. The number of rotatable bonds is 12.